The van der Waals surface area contributed by atoms with E-state index in [0.717, 1.165) is 12.2 Å². The highest BCUT2D eigenvalue weighted by atomic mass is 16.5. The van der Waals surface area contributed by atoms with E-state index in [4.69, 9.17) is 4.74 Å². The molecule has 23 heavy (non-hydrogen) atoms. The third-order valence-corrected chi connectivity index (χ3v) is 5.57. The Morgan fingerprint density at radius 1 is 0.783 bits per heavy atom. The van der Waals surface area contributed by atoms with Gasteiger partial charge in [0.15, 0.2) is 0 Å². The van der Waals surface area contributed by atoms with Crippen molar-refractivity contribution in [2.24, 2.45) is 0 Å². The van der Waals surface area contributed by atoms with Crippen molar-refractivity contribution in [2.45, 2.75) is 60.3 Å². The van der Waals surface area contributed by atoms with E-state index in [9.17, 15) is 0 Å². The second-order valence-corrected chi connectivity index (χ2v) is 7.06. The SMILES string of the molecule is CCC(C)(c1cc(C)c(C)c(C)c1)c1cc(C)c(OC)c(C)c1. The monoisotopic (exact) mass is 310 g/mol. The van der Waals surface area contributed by atoms with E-state index < -0.39 is 0 Å². The van der Waals surface area contributed by atoms with Crippen molar-refractivity contribution < 1.29 is 4.74 Å². The van der Waals surface area contributed by atoms with Gasteiger partial charge in [0.1, 0.15) is 5.75 Å². The molecule has 0 N–H and O–H groups in total. The van der Waals surface area contributed by atoms with Crippen LogP contribution < -0.4 is 4.74 Å². The van der Waals surface area contributed by atoms with Crippen LogP contribution in [0.2, 0.25) is 0 Å². The van der Waals surface area contributed by atoms with Gasteiger partial charge in [0.2, 0.25) is 0 Å². The molecule has 1 nitrogen and oxygen atoms in total. The summed E-state index contributed by atoms with van der Waals surface area (Å²) in [5.41, 5.74) is 9.37. The Morgan fingerprint density at radius 3 is 1.52 bits per heavy atom. The highest BCUT2D eigenvalue weighted by Crippen LogP contribution is 2.39. The molecular weight excluding hydrogens is 280 g/mol. The lowest BCUT2D eigenvalue weighted by Crippen LogP contribution is -2.23. The quantitative estimate of drug-likeness (QED) is 0.677. The smallest absolute Gasteiger partial charge is 0.124 e. The zero-order valence-corrected chi connectivity index (χ0v) is 15.9. The van der Waals surface area contributed by atoms with Crippen molar-refractivity contribution in [3.8, 4) is 5.75 Å². The molecule has 0 saturated carbocycles. The molecule has 0 bridgehead atoms. The van der Waals surface area contributed by atoms with Crippen LogP contribution in [0, 0.1) is 34.6 Å². The topological polar surface area (TPSA) is 9.23 Å². The van der Waals surface area contributed by atoms with E-state index in [0.29, 0.717) is 0 Å². The summed E-state index contributed by atoms with van der Waals surface area (Å²) in [4.78, 5) is 0. The van der Waals surface area contributed by atoms with Crippen molar-refractivity contribution in [2.75, 3.05) is 7.11 Å². The largest absolute Gasteiger partial charge is 0.496 e. The minimum Gasteiger partial charge on any atom is -0.496 e. The Labute approximate surface area is 141 Å². The van der Waals surface area contributed by atoms with Gasteiger partial charge in [-0.1, -0.05) is 38.1 Å². The summed E-state index contributed by atoms with van der Waals surface area (Å²) < 4.78 is 5.54. The lowest BCUT2D eigenvalue weighted by molar-refractivity contribution is 0.407. The van der Waals surface area contributed by atoms with Crippen LogP contribution in [0.5, 0.6) is 5.75 Å². The predicted molar refractivity (Wildman–Crippen MR) is 99.9 cm³/mol. The van der Waals surface area contributed by atoms with Crippen LogP contribution >= 0.6 is 0 Å². The fourth-order valence-electron chi connectivity index (χ4n) is 3.52. The summed E-state index contributed by atoms with van der Waals surface area (Å²) in [5, 5.41) is 0. The minimum absolute atomic E-state index is 0.0189. The fraction of sp³-hybridized carbons (Fsp3) is 0.455. The molecule has 2 rings (SSSR count). The third-order valence-electron chi connectivity index (χ3n) is 5.57. The number of methoxy groups -OCH3 is 1. The standard InChI is InChI=1S/C22H30O/c1-9-22(7,19-10-14(2)18(6)15(3)11-19)20-12-16(4)21(23-8)17(5)13-20/h10-13H,9H2,1-8H3. The van der Waals surface area contributed by atoms with E-state index in [-0.39, 0.29) is 5.41 Å². The summed E-state index contributed by atoms with van der Waals surface area (Å²) in [6.07, 6.45) is 1.07. The summed E-state index contributed by atoms with van der Waals surface area (Å²) in [5.74, 6) is 1.00. The maximum absolute atomic E-state index is 5.54. The van der Waals surface area contributed by atoms with Gasteiger partial charge in [-0.05, 0) is 80.0 Å². The fourth-order valence-corrected chi connectivity index (χ4v) is 3.52. The number of ether oxygens (including phenoxy) is 1. The normalized spacial score (nSPS) is 13.7. The summed E-state index contributed by atoms with van der Waals surface area (Å²) >= 11 is 0. The first-order valence-corrected chi connectivity index (χ1v) is 8.48. The van der Waals surface area contributed by atoms with Gasteiger partial charge in [-0.25, -0.2) is 0 Å². The second-order valence-electron chi connectivity index (χ2n) is 7.06. The van der Waals surface area contributed by atoms with E-state index >= 15 is 0 Å². The Balaban J connectivity index is 2.66. The maximum atomic E-state index is 5.54. The molecule has 2 aromatic carbocycles. The van der Waals surface area contributed by atoms with Gasteiger partial charge >= 0.3 is 0 Å². The van der Waals surface area contributed by atoms with Crippen molar-refractivity contribution >= 4 is 0 Å². The highest BCUT2D eigenvalue weighted by Gasteiger charge is 2.28. The van der Waals surface area contributed by atoms with E-state index in [1.54, 1.807) is 7.11 Å². The van der Waals surface area contributed by atoms with Crippen LogP contribution in [0.15, 0.2) is 24.3 Å². The lowest BCUT2D eigenvalue weighted by Gasteiger charge is -2.32. The van der Waals surface area contributed by atoms with E-state index in [1.165, 1.54) is 38.9 Å². The van der Waals surface area contributed by atoms with Gasteiger partial charge in [-0.3, -0.25) is 0 Å². The number of hydrogen-bond acceptors (Lipinski definition) is 1. The molecule has 1 unspecified atom stereocenters. The Morgan fingerprint density at radius 2 is 1.17 bits per heavy atom. The molecule has 0 radical (unpaired) electrons. The lowest BCUT2D eigenvalue weighted by atomic mass is 9.72. The third kappa shape index (κ3) is 3.02. The van der Waals surface area contributed by atoms with E-state index in [2.05, 4.69) is 72.7 Å². The van der Waals surface area contributed by atoms with Gasteiger partial charge < -0.3 is 4.74 Å². The summed E-state index contributed by atoms with van der Waals surface area (Å²) in [6.45, 7) is 15.5. The molecule has 1 atom stereocenters. The van der Waals surface area contributed by atoms with Crippen molar-refractivity contribution in [1.82, 2.24) is 0 Å². The van der Waals surface area contributed by atoms with Crippen LogP contribution in [-0.4, -0.2) is 7.11 Å². The van der Waals surface area contributed by atoms with Gasteiger partial charge in [-0.2, -0.15) is 0 Å². The molecule has 1 heteroatoms. The highest BCUT2D eigenvalue weighted by molar-refractivity contribution is 5.50. The van der Waals surface area contributed by atoms with Crippen LogP contribution in [-0.2, 0) is 5.41 Å². The molecule has 0 aliphatic carbocycles. The molecule has 0 spiro atoms. The number of hydrogen-bond donors (Lipinski definition) is 0. The number of aryl methyl sites for hydroxylation is 4. The maximum Gasteiger partial charge on any atom is 0.124 e. The zero-order valence-electron chi connectivity index (χ0n) is 15.9. The zero-order chi connectivity index (χ0) is 17.4. The molecular formula is C22H30O. The Hall–Kier alpha value is -1.76. The van der Waals surface area contributed by atoms with Gasteiger partial charge in [-0.15, -0.1) is 0 Å². The first-order chi connectivity index (χ1) is 10.7. The molecule has 0 heterocycles. The van der Waals surface area contributed by atoms with Gasteiger partial charge in [0, 0.05) is 5.41 Å². The Kier molecular flexibility index (Phi) is 4.89. The van der Waals surface area contributed by atoms with Crippen LogP contribution in [0.25, 0.3) is 0 Å². The summed E-state index contributed by atoms with van der Waals surface area (Å²) in [7, 11) is 1.75. The van der Waals surface area contributed by atoms with Gasteiger partial charge in [0.25, 0.3) is 0 Å². The van der Waals surface area contributed by atoms with Gasteiger partial charge in [0.05, 0.1) is 7.11 Å². The molecule has 0 aromatic heterocycles. The molecule has 0 amide bonds. The molecule has 2 aromatic rings. The molecule has 0 fully saturated rings. The average molecular weight is 310 g/mol. The van der Waals surface area contributed by atoms with Crippen molar-refractivity contribution in [3.05, 3.63) is 63.2 Å². The number of benzene rings is 2. The summed E-state index contributed by atoms with van der Waals surface area (Å²) in [6, 6.07) is 9.31. The second kappa shape index (κ2) is 6.39. The molecule has 0 aliphatic rings. The average Bonchev–Trinajstić information content (AvgIpc) is 2.50. The minimum atomic E-state index is 0.0189. The predicted octanol–water partition coefficient (Wildman–Crippen LogP) is 5.95. The first-order valence-electron chi connectivity index (χ1n) is 8.48. The number of rotatable bonds is 4. The molecule has 0 saturated heterocycles. The van der Waals surface area contributed by atoms with E-state index in [1.807, 2.05) is 0 Å². The molecule has 124 valence electrons. The Bertz CT molecular complexity index is 681. The van der Waals surface area contributed by atoms with Crippen LogP contribution in [0.3, 0.4) is 0 Å². The first kappa shape index (κ1) is 17.6. The van der Waals surface area contributed by atoms with Crippen molar-refractivity contribution in [1.29, 1.82) is 0 Å². The molecule has 0 aliphatic heterocycles. The van der Waals surface area contributed by atoms with Crippen LogP contribution in [0.1, 0.15) is 59.2 Å². The van der Waals surface area contributed by atoms with Crippen molar-refractivity contribution in [3.63, 3.8) is 0 Å². The van der Waals surface area contributed by atoms with Crippen LogP contribution in [0.4, 0.5) is 0 Å².